The molecular weight excluding hydrogens is 558 g/mol. The van der Waals surface area contributed by atoms with Crippen LogP contribution in [0.1, 0.15) is 31.2 Å². The second kappa shape index (κ2) is 11.6. The number of benzene rings is 1. The molecule has 3 aromatic rings. The van der Waals surface area contributed by atoms with Crippen LogP contribution in [0, 0.1) is 5.82 Å². The second-order valence-electron chi connectivity index (χ2n) is 10.8. The largest absolute Gasteiger partial charge is 0.419 e. The molecule has 0 atom stereocenters. The molecule has 1 aromatic carbocycles. The molecule has 0 amide bonds. The van der Waals surface area contributed by atoms with Crippen molar-refractivity contribution in [3.05, 3.63) is 59.0 Å². The van der Waals surface area contributed by atoms with Crippen LogP contribution in [0.2, 0.25) is 5.02 Å². The molecule has 0 bridgehead atoms. The Balaban J connectivity index is 1.24. The van der Waals surface area contributed by atoms with Gasteiger partial charge in [0, 0.05) is 63.1 Å². The van der Waals surface area contributed by atoms with Gasteiger partial charge in [-0.25, -0.2) is 14.4 Å². The van der Waals surface area contributed by atoms with Gasteiger partial charge in [-0.3, -0.25) is 0 Å². The lowest BCUT2D eigenvalue weighted by Crippen LogP contribution is -2.48. The highest BCUT2D eigenvalue weighted by atomic mass is 35.5. The van der Waals surface area contributed by atoms with Crippen LogP contribution in [0.15, 0.2) is 42.6 Å². The molecule has 0 saturated carbocycles. The molecule has 0 aliphatic carbocycles. The molecule has 3 aliphatic heterocycles. The molecular formula is C29H32ClF4N7. The summed E-state index contributed by atoms with van der Waals surface area (Å²) in [6, 6.07) is 9.33. The number of piperidine rings is 1. The van der Waals surface area contributed by atoms with Crippen molar-refractivity contribution in [1.82, 2.24) is 19.9 Å². The molecule has 3 fully saturated rings. The Hall–Kier alpha value is -3.18. The van der Waals surface area contributed by atoms with Gasteiger partial charge in [0.1, 0.15) is 17.5 Å². The van der Waals surface area contributed by atoms with Crippen molar-refractivity contribution in [3.8, 4) is 11.3 Å². The summed E-state index contributed by atoms with van der Waals surface area (Å²) in [4.78, 5) is 22.4. The maximum atomic E-state index is 13.9. The Kier molecular flexibility index (Phi) is 7.91. The van der Waals surface area contributed by atoms with Gasteiger partial charge in [0.05, 0.1) is 16.3 Å². The minimum Gasteiger partial charge on any atom is -0.353 e. The number of nitrogens with zero attached hydrogens (tertiary/aromatic N) is 7. The molecule has 5 heterocycles. The van der Waals surface area contributed by atoms with Gasteiger partial charge in [0.2, 0.25) is 5.95 Å². The summed E-state index contributed by atoms with van der Waals surface area (Å²) in [6.45, 7) is 5.65. The van der Waals surface area contributed by atoms with E-state index in [9.17, 15) is 17.6 Å². The normalized spacial score (nSPS) is 19.3. The summed E-state index contributed by atoms with van der Waals surface area (Å²) < 4.78 is 54.7. The number of anilines is 3. The molecule has 7 nitrogen and oxygen atoms in total. The van der Waals surface area contributed by atoms with Crippen molar-refractivity contribution < 1.29 is 17.6 Å². The zero-order chi connectivity index (χ0) is 28.6. The number of alkyl halides is 3. The van der Waals surface area contributed by atoms with Crippen molar-refractivity contribution in [2.75, 3.05) is 67.1 Å². The highest BCUT2D eigenvalue weighted by Gasteiger charge is 2.36. The standard InChI is InChI=1S/C29H32ClF4N7/c30-23-18-20(5-6-24(23)31)25-19-26(37-28(36-25)41-12-7-21(8-13-41)38-10-1-2-11-38)39-14-16-40(17-15-39)27-22(29(32,33)34)4-3-9-35-27/h3-6,9,18-19,21H,1-2,7-8,10-17H2. The lowest BCUT2D eigenvalue weighted by Gasteiger charge is -2.38. The van der Waals surface area contributed by atoms with Gasteiger partial charge in [-0.2, -0.15) is 18.2 Å². The van der Waals surface area contributed by atoms with E-state index in [1.165, 1.54) is 44.3 Å². The fraction of sp³-hybridized carbons (Fsp3) is 0.483. The number of halogens is 5. The summed E-state index contributed by atoms with van der Waals surface area (Å²) >= 11 is 6.10. The fourth-order valence-electron chi connectivity index (χ4n) is 6.08. The number of pyridine rings is 1. The van der Waals surface area contributed by atoms with Crippen molar-refractivity contribution >= 4 is 29.2 Å². The fourth-order valence-corrected chi connectivity index (χ4v) is 6.26. The molecule has 0 N–H and O–H groups in total. The number of piperazine rings is 1. The van der Waals surface area contributed by atoms with E-state index >= 15 is 0 Å². The maximum Gasteiger partial charge on any atom is 0.419 e. The number of hydrogen-bond acceptors (Lipinski definition) is 7. The van der Waals surface area contributed by atoms with E-state index in [1.807, 2.05) is 6.07 Å². The average molecular weight is 590 g/mol. The van der Waals surface area contributed by atoms with Gasteiger partial charge in [-0.1, -0.05) is 11.6 Å². The van der Waals surface area contributed by atoms with Crippen LogP contribution in [0.25, 0.3) is 11.3 Å². The molecule has 218 valence electrons. The summed E-state index contributed by atoms with van der Waals surface area (Å²) in [5.74, 6) is 0.733. The predicted octanol–water partition coefficient (Wildman–Crippen LogP) is 5.74. The van der Waals surface area contributed by atoms with Gasteiger partial charge in [-0.05, 0) is 69.1 Å². The van der Waals surface area contributed by atoms with Crippen LogP contribution in [0.5, 0.6) is 0 Å². The van der Waals surface area contributed by atoms with Crippen molar-refractivity contribution in [1.29, 1.82) is 0 Å². The number of hydrogen-bond donors (Lipinski definition) is 0. The molecule has 0 spiro atoms. The molecule has 2 aromatic heterocycles. The SMILES string of the molecule is Fc1ccc(-c2cc(N3CCN(c4ncccc4C(F)(F)F)CC3)nc(N3CCC(N4CCCC4)CC3)n2)cc1Cl. The molecule has 41 heavy (non-hydrogen) atoms. The molecule has 0 unspecified atom stereocenters. The minimum absolute atomic E-state index is 0.0140. The molecule has 6 rings (SSSR count). The van der Waals surface area contributed by atoms with E-state index < -0.39 is 17.6 Å². The summed E-state index contributed by atoms with van der Waals surface area (Å²) in [5, 5.41) is 0.0140. The lowest BCUT2D eigenvalue weighted by molar-refractivity contribution is -0.137. The second-order valence-corrected chi connectivity index (χ2v) is 11.3. The molecule has 3 saturated heterocycles. The van der Waals surface area contributed by atoms with Gasteiger partial charge in [0.15, 0.2) is 0 Å². The quantitative estimate of drug-likeness (QED) is 0.352. The van der Waals surface area contributed by atoms with E-state index in [4.69, 9.17) is 21.6 Å². The Morgan fingerprint density at radius 3 is 2.20 bits per heavy atom. The first kappa shape index (κ1) is 28.0. The first-order valence-electron chi connectivity index (χ1n) is 14.1. The zero-order valence-electron chi connectivity index (χ0n) is 22.6. The predicted molar refractivity (Wildman–Crippen MR) is 152 cm³/mol. The maximum absolute atomic E-state index is 13.9. The third kappa shape index (κ3) is 6.06. The summed E-state index contributed by atoms with van der Waals surface area (Å²) in [5.41, 5.74) is 0.570. The van der Waals surface area contributed by atoms with Crippen LogP contribution >= 0.6 is 11.6 Å². The first-order chi connectivity index (χ1) is 19.8. The van der Waals surface area contributed by atoms with Gasteiger partial charge in [0.25, 0.3) is 0 Å². The highest BCUT2D eigenvalue weighted by molar-refractivity contribution is 6.31. The van der Waals surface area contributed by atoms with E-state index in [0.29, 0.717) is 55.2 Å². The highest BCUT2D eigenvalue weighted by Crippen LogP contribution is 2.36. The Morgan fingerprint density at radius 2 is 1.51 bits per heavy atom. The molecule has 3 aliphatic rings. The van der Waals surface area contributed by atoms with Crippen molar-refractivity contribution in [3.63, 3.8) is 0 Å². The Bertz CT molecular complexity index is 1370. The third-order valence-corrected chi connectivity index (χ3v) is 8.61. The monoisotopic (exact) mass is 589 g/mol. The van der Waals surface area contributed by atoms with Crippen molar-refractivity contribution in [2.24, 2.45) is 0 Å². The van der Waals surface area contributed by atoms with E-state index in [0.717, 1.165) is 32.0 Å². The van der Waals surface area contributed by atoms with E-state index in [1.54, 1.807) is 17.0 Å². The molecule has 12 heteroatoms. The topological polar surface area (TPSA) is 51.6 Å². The van der Waals surface area contributed by atoms with E-state index in [2.05, 4.69) is 19.7 Å². The Labute approximate surface area is 241 Å². The van der Waals surface area contributed by atoms with Crippen LogP contribution in [0.4, 0.5) is 35.1 Å². The Morgan fingerprint density at radius 1 is 0.805 bits per heavy atom. The number of aromatic nitrogens is 3. The van der Waals surface area contributed by atoms with Crippen molar-refractivity contribution in [2.45, 2.75) is 37.9 Å². The number of likely N-dealkylation sites (tertiary alicyclic amines) is 1. The first-order valence-corrected chi connectivity index (χ1v) is 14.5. The van der Waals surface area contributed by atoms with Crippen LogP contribution in [-0.2, 0) is 6.18 Å². The van der Waals surface area contributed by atoms with Gasteiger partial charge in [-0.15, -0.1) is 0 Å². The average Bonchev–Trinajstić information content (AvgIpc) is 3.53. The summed E-state index contributed by atoms with van der Waals surface area (Å²) in [7, 11) is 0. The van der Waals surface area contributed by atoms with Crippen LogP contribution in [-0.4, -0.2) is 78.3 Å². The summed E-state index contributed by atoms with van der Waals surface area (Å²) in [6.07, 6.45) is 1.52. The number of rotatable bonds is 5. The van der Waals surface area contributed by atoms with Gasteiger partial charge < -0.3 is 19.6 Å². The van der Waals surface area contributed by atoms with E-state index in [-0.39, 0.29) is 10.8 Å². The smallest absolute Gasteiger partial charge is 0.353 e. The van der Waals surface area contributed by atoms with Crippen LogP contribution < -0.4 is 14.7 Å². The third-order valence-electron chi connectivity index (χ3n) is 8.32. The molecule has 0 radical (unpaired) electrons. The lowest BCUT2D eigenvalue weighted by atomic mass is 10.0. The van der Waals surface area contributed by atoms with Gasteiger partial charge >= 0.3 is 6.18 Å². The zero-order valence-corrected chi connectivity index (χ0v) is 23.4. The van der Waals surface area contributed by atoms with Crippen LogP contribution in [0.3, 0.4) is 0 Å². The minimum atomic E-state index is -4.48.